The number of halogens is 2. The molecular formula is C12H11Cl2NO. The van der Waals surface area contributed by atoms with E-state index in [9.17, 15) is 0 Å². The maximum atomic E-state index is 6.18. The average molecular weight is 256 g/mol. The largest absolute Gasteiger partial charge is 0.378 e. The van der Waals surface area contributed by atoms with Crippen LogP contribution < -0.4 is 0 Å². The molecule has 0 aliphatic heterocycles. The third kappa shape index (κ3) is 2.01. The highest BCUT2D eigenvalue weighted by atomic mass is 35.5. The van der Waals surface area contributed by atoms with Gasteiger partial charge < -0.3 is 4.74 Å². The number of benzene rings is 1. The predicted octanol–water partition coefficient (Wildman–Crippen LogP) is 4.00. The highest BCUT2D eigenvalue weighted by molar-refractivity contribution is 6.36. The smallest absolute Gasteiger partial charge is 0.0884 e. The number of hydrogen-bond acceptors (Lipinski definition) is 2. The van der Waals surface area contributed by atoms with E-state index in [4.69, 9.17) is 27.9 Å². The van der Waals surface area contributed by atoms with Gasteiger partial charge in [-0.1, -0.05) is 23.2 Å². The SMILES string of the molecule is COCc1cc(Cl)c2ccc(Cl)c(C)c2n1. The molecule has 2 nitrogen and oxygen atoms in total. The van der Waals surface area contributed by atoms with Crippen molar-refractivity contribution in [3.8, 4) is 0 Å². The lowest BCUT2D eigenvalue weighted by Gasteiger charge is -2.08. The molecular weight excluding hydrogens is 245 g/mol. The molecule has 0 atom stereocenters. The Morgan fingerprint density at radius 3 is 2.69 bits per heavy atom. The number of nitrogens with zero attached hydrogens (tertiary/aromatic N) is 1. The minimum absolute atomic E-state index is 0.446. The minimum atomic E-state index is 0.446. The van der Waals surface area contributed by atoms with Crippen molar-refractivity contribution in [2.45, 2.75) is 13.5 Å². The van der Waals surface area contributed by atoms with E-state index in [1.807, 2.05) is 25.1 Å². The standard InChI is InChI=1S/C12H11Cl2NO/c1-7-10(13)4-3-9-11(14)5-8(6-16-2)15-12(7)9/h3-5H,6H2,1-2H3. The van der Waals surface area contributed by atoms with Gasteiger partial charge in [0, 0.05) is 17.5 Å². The molecule has 0 bridgehead atoms. The van der Waals surface area contributed by atoms with Crippen molar-refractivity contribution in [3.63, 3.8) is 0 Å². The molecule has 0 aliphatic rings. The van der Waals surface area contributed by atoms with Crippen molar-refractivity contribution < 1.29 is 4.74 Å². The average Bonchev–Trinajstić information content (AvgIpc) is 2.25. The quantitative estimate of drug-likeness (QED) is 0.810. The summed E-state index contributed by atoms with van der Waals surface area (Å²) in [5.41, 5.74) is 2.59. The Morgan fingerprint density at radius 2 is 2.00 bits per heavy atom. The topological polar surface area (TPSA) is 22.1 Å². The Morgan fingerprint density at radius 1 is 1.25 bits per heavy atom. The van der Waals surface area contributed by atoms with Crippen LogP contribution in [0.5, 0.6) is 0 Å². The van der Waals surface area contributed by atoms with E-state index < -0.39 is 0 Å². The molecule has 1 heterocycles. The summed E-state index contributed by atoms with van der Waals surface area (Å²) in [6, 6.07) is 5.54. The molecule has 2 rings (SSSR count). The number of rotatable bonds is 2. The highest BCUT2D eigenvalue weighted by Crippen LogP contribution is 2.29. The third-order valence-electron chi connectivity index (χ3n) is 2.46. The Bertz CT molecular complexity index is 540. The molecule has 0 saturated carbocycles. The van der Waals surface area contributed by atoms with Crippen molar-refractivity contribution >= 4 is 34.1 Å². The van der Waals surface area contributed by atoms with Crippen LogP contribution in [0.25, 0.3) is 10.9 Å². The first-order chi connectivity index (χ1) is 7.63. The summed E-state index contributed by atoms with van der Waals surface area (Å²) in [4.78, 5) is 4.49. The normalized spacial score (nSPS) is 11.0. The van der Waals surface area contributed by atoms with E-state index in [1.165, 1.54) is 0 Å². The summed E-state index contributed by atoms with van der Waals surface area (Å²) in [6.45, 7) is 2.38. The first-order valence-electron chi connectivity index (χ1n) is 4.86. The fourth-order valence-electron chi connectivity index (χ4n) is 1.63. The van der Waals surface area contributed by atoms with Crippen molar-refractivity contribution in [1.29, 1.82) is 0 Å². The molecule has 0 spiro atoms. The zero-order valence-electron chi connectivity index (χ0n) is 9.05. The van der Waals surface area contributed by atoms with Gasteiger partial charge in [-0.3, -0.25) is 0 Å². The molecule has 16 heavy (non-hydrogen) atoms. The second kappa shape index (κ2) is 4.58. The number of ether oxygens (including phenoxy) is 1. The van der Waals surface area contributed by atoms with Crippen LogP contribution in [-0.2, 0) is 11.3 Å². The van der Waals surface area contributed by atoms with Crippen LogP contribution in [0.2, 0.25) is 10.0 Å². The Kier molecular flexibility index (Phi) is 3.33. The Labute approximate surface area is 104 Å². The fourth-order valence-corrected chi connectivity index (χ4v) is 2.07. The third-order valence-corrected chi connectivity index (χ3v) is 3.19. The molecule has 0 fully saturated rings. The summed E-state index contributed by atoms with van der Waals surface area (Å²) in [5.74, 6) is 0. The molecule has 0 aliphatic carbocycles. The molecule has 4 heteroatoms. The molecule has 0 N–H and O–H groups in total. The van der Waals surface area contributed by atoms with Crippen molar-refractivity contribution in [2.24, 2.45) is 0 Å². The van der Waals surface area contributed by atoms with E-state index in [1.54, 1.807) is 7.11 Å². The zero-order valence-corrected chi connectivity index (χ0v) is 10.6. The van der Waals surface area contributed by atoms with Gasteiger partial charge in [-0.2, -0.15) is 0 Å². The summed E-state index contributed by atoms with van der Waals surface area (Å²) in [6.07, 6.45) is 0. The highest BCUT2D eigenvalue weighted by Gasteiger charge is 2.08. The van der Waals surface area contributed by atoms with E-state index >= 15 is 0 Å². The van der Waals surface area contributed by atoms with Crippen molar-refractivity contribution in [3.05, 3.63) is 39.5 Å². The number of methoxy groups -OCH3 is 1. The molecule has 1 aromatic heterocycles. The summed E-state index contributed by atoms with van der Waals surface area (Å²) in [7, 11) is 1.63. The Balaban J connectivity index is 2.73. The summed E-state index contributed by atoms with van der Waals surface area (Å²) < 4.78 is 5.05. The molecule has 1 aromatic carbocycles. The van der Waals surface area contributed by atoms with Gasteiger partial charge in [0.15, 0.2) is 0 Å². The van der Waals surface area contributed by atoms with Crippen molar-refractivity contribution in [1.82, 2.24) is 4.98 Å². The predicted molar refractivity (Wildman–Crippen MR) is 67.2 cm³/mol. The molecule has 84 valence electrons. The van der Waals surface area contributed by atoms with E-state index in [0.29, 0.717) is 16.7 Å². The van der Waals surface area contributed by atoms with Crippen LogP contribution in [-0.4, -0.2) is 12.1 Å². The van der Waals surface area contributed by atoms with Crippen LogP contribution >= 0.6 is 23.2 Å². The molecule has 0 radical (unpaired) electrons. The Hall–Kier alpha value is -0.830. The second-order valence-electron chi connectivity index (χ2n) is 3.60. The number of aryl methyl sites for hydroxylation is 1. The first-order valence-corrected chi connectivity index (χ1v) is 5.62. The molecule has 2 aromatic rings. The molecule has 0 unspecified atom stereocenters. The maximum absolute atomic E-state index is 6.18. The van der Waals surface area contributed by atoms with Gasteiger partial charge in [-0.25, -0.2) is 4.98 Å². The summed E-state index contributed by atoms with van der Waals surface area (Å²) in [5, 5.41) is 2.30. The summed E-state index contributed by atoms with van der Waals surface area (Å²) >= 11 is 12.2. The minimum Gasteiger partial charge on any atom is -0.378 e. The lowest BCUT2D eigenvalue weighted by Crippen LogP contribution is -1.95. The van der Waals surface area contributed by atoms with Gasteiger partial charge in [0.1, 0.15) is 0 Å². The van der Waals surface area contributed by atoms with E-state index in [-0.39, 0.29) is 0 Å². The monoisotopic (exact) mass is 255 g/mol. The lowest BCUT2D eigenvalue weighted by molar-refractivity contribution is 0.182. The van der Waals surface area contributed by atoms with E-state index in [2.05, 4.69) is 4.98 Å². The van der Waals surface area contributed by atoms with Gasteiger partial charge in [0.05, 0.1) is 22.8 Å². The molecule has 0 saturated heterocycles. The van der Waals surface area contributed by atoms with E-state index in [0.717, 1.165) is 22.2 Å². The fraction of sp³-hybridized carbons (Fsp3) is 0.250. The second-order valence-corrected chi connectivity index (χ2v) is 4.41. The zero-order chi connectivity index (χ0) is 11.7. The number of aromatic nitrogens is 1. The van der Waals surface area contributed by atoms with Crippen LogP contribution in [0.4, 0.5) is 0 Å². The van der Waals surface area contributed by atoms with Gasteiger partial charge in [-0.05, 0) is 30.7 Å². The number of pyridine rings is 1. The van der Waals surface area contributed by atoms with Gasteiger partial charge in [-0.15, -0.1) is 0 Å². The van der Waals surface area contributed by atoms with Gasteiger partial charge in [0.2, 0.25) is 0 Å². The number of fused-ring (bicyclic) bond motifs is 1. The lowest BCUT2D eigenvalue weighted by atomic mass is 10.1. The first kappa shape index (κ1) is 11.6. The van der Waals surface area contributed by atoms with Crippen LogP contribution in [0, 0.1) is 6.92 Å². The van der Waals surface area contributed by atoms with Crippen LogP contribution in [0.3, 0.4) is 0 Å². The molecule has 0 amide bonds. The van der Waals surface area contributed by atoms with Crippen molar-refractivity contribution in [2.75, 3.05) is 7.11 Å². The van der Waals surface area contributed by atoms with Gasteiger partial charge in [0.25, 0.3) is 0 Å². The van der Waals surface area contributed by atoms with Gasteiger partial charge >= 0.3 is 0 Å². The van der Waals surface area contributed by atoms with Crippen LogP contribution in [0.1, 0.15) is 11.3 Å². The van der Waals surface area contributed by atoms with Crippen LogP contribution in [0.15, 0.2) is 18.2 Å². The number of hydrogen-bond donors (Lipinski definition) is 0. The maximum Gasteiger partial charge on any atom is 0.0884 e.